The van der Waals surface area contributed by atoms with Crippen molar-refractivity contribution in [2.45, 2.75) is 30.9 Å². The lowest BCUT2D eigenvalue weighted by Gasteiger charge is -2.08. The molecule has 1 aliphatic rings. The zero-order valence-electron chi connectivity index (χ0n) is 10.4. The number of rotatable bonds is 5. The molecule has 1 aromatic rings. The molecule has 0 unspecified atom stereocenters. The number of halogens is 1. The highest BCUT2D eigenvalue weighted by atomic mass is 35.5. The number of benzene rings is 1. The average molecular weight is 285 g/mol. The fourth-order valence-corrected chi connectivity index (χ4v) is 3.65. The van der Waals surface area contributed by atoms with Crippen LogP contribution in [0, 0.1) is 0 Å². The smallest absolute Gasteiger partial charge is 0.172 e. The van der Waals surface area contributed by atoms with Gasteiger partial charge in [0, 0.05) is 10.8 Å². The Morgan fingerprint density at radius 1 is 1.44 bits per heavy atom. The number of ketones is 1. The van der Waals surface area contributed by atoms with Crippen LogP contribution in [-0.4, -0.2) is 23.9 Å². The third-order valence-corrected chi connectivity index (χ3v) is 4.89. The number of ether oxygens (including phenoxy) is 1. The Bertz CT molecular complexity index is 428. The van der Waals surface area contributed by atoms with Gasteiger partial charge in [-0.3, -0.25) is 4.79 Å². The summed E-state index contributed by atoms with van der Waals surface area (Å²) in [6, 6.07) is 5.22. The molecular weight excluding hydrogens is 268 g/mol. The number of thioether (sulfide) groups is 1. The van der Waals surface area contributed by atoms with Gasteiger partial charge < -0.3 is 4.74 Å². The van der Waals surface area contributed by atoms with E-state index in [1.54, 1.807) is 37.1 Å². The normalized spacial score (nSPS) is 15.9. The van der Waals surface area contributed by atoms with Crippen molar-refractivity contribution >= 4 is 29.1 Å². The third kappa shape index (κ3) is 3.42. The molecule has 0 aromatic heterocycles. The van der Waals surface area contributed by atoms with E-state index in [4.69, 9.17) is 16.3 Å². The molecule has 4 heteroatoms. The lowest BCUT2D eigenvalue weighted by molar-refractivity contribution is 0.102. The summed E-state index contributed by atoms with van der Waals surface area (Å²) in [5, 5.41) is 1.16. The van der Waals surface area contributed by atoms with Gasteiger partial charge in [0.05, 0.1) is 17.9 Å². The number of Topliss-reactive ketones (excluding diaryl/α,β-unsaturated/α-hetero) is 1. The summed E-state index contributed by atoms with van der Waals surface area (Å²) < 4.78 is 5.07. The highest BCUT2D eigenvalue weighted by Crippen LogP contribution is 2.30. The molecule has 0 radical (unpaired) electrons. The third-order valence-electron chi connectivity index (χ3n) is 3.23. The molecule has 1 aliphatic carbocycles. The Hall–Kier alpha value is -0.670. The van der Waals surface area contributed by atoms with Gasteiger partial charge in [-0.15, -0.1) is 0 Å². The molecule has 1 fully saturated rings. The number of hydrogen-bond donors (Lipinski definition) is 0. The van der Waals surface area contributed by atoms with E-state index >= 15 is 0 Å². The van der Waals surface area contributed by atoms with Crippen molar-refractivity contribution in [2.24, 2.45) is 0 Å². The minimum Gasteiger partial charge on any atom is -0.495 e. The summed E-state index contributed by atoms with van der Waals surface area (Å²) in [6.07, 6.45) is 5.11. The predicted molar refractivity (Wildman–Crippen MR) is 77.0 cm³/mol. The second kappa shape index (κ2) is 6.48. The number of carbonyl (C=O) groups excluding carboxylic acids is 1. The molecule has 0 aliphatic heterocycles. The summed E-state index contributed by atoms with van der Waals surface area (Å²) in [5.41, 5.74) is 0.672. The van der Waals surface area contributed by atoms with Gasteiger partial charge in [0.15, 0.2) is 5.78 Å². The zero-order valence-corrected chi connectivity index (χ0v) is 12.0. The van der Waals surface area contributed by atoms with E-state index in [0.717, 1.165) is 0 Å². The quantitative estimate of drug-likeness (QED) is 0.758. The Kier molecular flexibility index (Phi) is 4.95. The Labute approximate surface area is 117 Å². The number of hydrogen-bond acceptors (Lipinski definition) is 3. The van der Waals surface area contributed by atoms with Gasteiger partial charge in [0.25, 0.3) is 0 Å². The minimum atomic E-state index is 0.149. The maximum Gasteiger partial charge on any atom is 0.172 e. The van der Waals surface area contributed by atoms with Gasteiger partial charge in [-0.1, -0.05) is 24.4 Å². The van der Waals surface area contributed by atoms with Crippen molar-refractivity contribution in [1.82, 2.24) is 0 Å². The molecule has 0 amide bonds. The van der Waals surface area contributed by atoms with Gasteiger partial charge in [0.2, 0.25) is 0 Å². The maximum atomic E-state index is 12.0. The van der Waals surface area contributed by atoms with Gasteiger partial charge in [-0.05, 0) is 31.0 Å². The van der Waals surface area contributed by atoms with E-state index in [0.29, 0.717) is 27.3 Å². The molecule has 2 rings (SSSR count). The first-order chi connectivity index (χ1) is 8.70. The van der Waals surface area contributed by atoms with Crippen molar-refractivity contribution in [2.75, 3.05) is 12.9 Å². The number of carbonyl (C=O) groups is 1. The molecule has 0 atom stereocenters. The number of methoxy groups -OCH3 is 1. The van der Waals surface area contributed by atoms with Crippen molar-refractivity contribution < 1.29 is 9.53 Å². The van der Waals surface area contributed by atoms with E-state index in [-0.39, 0.29) is 5.78 Å². The van der Waals surface area contributed by atoms with Crippen molar-refractivity contribution in [3.8, 4) is 5.75 Å². The Morgan fingerprint density at radius 3 is 2.78 bits per heavy atom. The average Bonchev–Trinajstić information content (AvgIpc) is 2.89. The maximum absolute atomic E-state index is 12.0. The van der Waals surface area contributed by atoms with Crippen LogP contribution in [0.5, 0.6) is 5.75 Å². The van der Waals surface area contributed by atoms with Gasteiger partial charge >= 0.3 is 0 Å². The molecule has 98 valence electrons. The molecule has 18 heavy (non-hydrogen) atoms. The van der Waals surface area contributed by atoms with E-state index in [1.807, 2.05) is 0 Å². The van der Waals surface area contributed by atoms with Crippen LogP contribution >= 0.6 is 23.4 Å². The monoisotopic (exact) mass is 284 g/mol. The van der Waals surface area contributed by atoms with Crippen LogP contribution in [0.25, 0.3) is 0 Å². The molecule has 1 saturated carbocycles. The summed E-state index contributed by atoms with van der Waals surface area (Å²) in [5.74, 6) is 1.31. The molecular formula is C14H17ClO2S. The van der Waals surface area contributed by atoms with E-state index in [2.05, 4.69) is 0 Å². The zero-order chi connectivity index (χ0) is 13.0. The van der Waals surface area contributed by atoms with Crippen LogP contribution in [0.4, 0.5) is 0 Å². The van der Waals surface area contributed by atoms with Crippen molar-refractivity contribution in [3.05, 3.63) is 28.8 Å². The van der Waals surface area contributed by atoms with Crippen molar-refractivity contribution in [3.63, 3.8) is 0 Å². The largest absolute Gasteiger partial charge is 0.495 e. The molecule has 0 saturated heterocycles. The molecule has 0 heterocycles. The van der Waals surface area contributed by atoms with E-state index < -0.39 is 0 Å². The first-order valence-electron chi connectivity index (χ1n) is 6.19. The highest BCUT2D eigenvalue weighted by molar-refractivity contribution is 8.00. The fourth-order valence-electron chi connectivity index (χ4n) is 2.17. The van der Waals surface area contributed by atoms with Crippen LogP contribution < -0.4 is 4.74 Å². The highest BCUT2D eigenvalue weighted by Gasteiger charge is 2.17. The summed E-state index contributed by atoms with van der Waals surface area (Å²) in [7, 11) is 1.57. The summed E-state index contributed by atoms with van der Waals surface area (Å²) >= 11 is 7.80. The van der Waals surface area contributed by atoms with Crippen LogP contribution in [0.2, 0.25) is 5.02 Å². The minimum absolute atomic E-state index is 0.149. The van der Waals surface area contributed by atoms with Crippen LogP contribution in [0.1, 0.15) is 36.0 Å². The fraction of sp³-hybridized carbons (Fsp3) is 0.500. The lowest BCUT2D eigenvalue weighted by atomic mass is 10.1. The van der Waals surface area contributed by atoms with Crippen LogP contribution in [-0.2, 0) is 0 Å². The molecule has 1 aromatic carbocycles. The van der Waals surface area contributed by atoms with E-state index in [9.17, 15) is 4.79 Å². The first-order valence-corrected chi connectivity index (χ1v) is 7.61. The van der Waals surface area contributed by atoms with E-state index in [1.165, 1.54) is 25.7 Å². The summed E-state index contributed by atoms with van der Waals surface area (Å²) in [6.45, 7) is 0. The predicted octanol–water partition coefficient (Wildman–Crippen LogP) is 4.21. The van der Waals surface area contributed by atoms with Crippen LogP contribution in [0.3, 0.4) is 0 Å². The first kappa shape index (κ1) is 13.8. The molecule has 0 spiro atoms. The van der Waals surface area contributed by atoms with Gasteiger partial charge in [0.1, 0.15) is 5.75 Å². The standard InChI is InChI=1S/C14H17ClO2S/c1-17-14-7-6-10(8-12(14)15)13(16)9-18-11-4-2-3-5-11/h6-8,11H,2-5,9H2,1H3. The van der Waals surface area contributed by atoms with Crippen molar-refractivity contribution in [1.29, 1.82) is 0 Å². The second-order valence-corrected chi connectivity index (χ2v) is 6.19. The molecule has 0 N–H and O–H groups in total. The Balaban J connectivity index is 1.93. The molecule has 2 nitrogen and oxygen atoms in total. The topological polar surface area (TPSA) is 26.3 Å². The molecule has 0 bridgehead atoms. The SMILES string of the molecule is COc1ccc(C(=O)CSC2CCCC2)cc1Cl. The lowest BCUT2D eigenvalue weighted by Crippen LogP contribution is -2.06. The Morgan fingerprint density at radius 2 is 2.17 bits per heavy atom. The summed E-state index contributed by atoms with van der Waals surface area (Å²) in [4.78, 5) is 12.0. The second-order valence-electron chi connectivity index (χ2n) is 4.49. The van der Waals surface area contributed by atoms with Crippen LogP contribution in [0.15, 0.2) is 18.2 Å². The van der Waals surface area contributed by atoms with Gasteiger partial charge in [-0.2, -0.15) is 11.8 Å². The van der Waals surface area contributed by atoms with Gasteiger partial charge in [-0.25, -0.2) is 0 Å².